The van der Waals surface area contributed by atoms with Crippen LogP contribution in [0.5, 0.6) is 5.75 Å². The summed E-state index contributed by atoms with van der Waals surface area (Å²) in [5.74, 6) is -0.790. The average Bonchev–Trinajstić information content (AvgIpc) is 2.20. The van der Waals surface area contributed by atoms with Crippen molar-refractivity contribution in [3.8, 4) is 5.75 Å². The van der Waals surface area contributed by atoms with E-state index in [-0.39, 0.29) is 17.1 Å². The first kappa shape index (κ1) is 10.7. The molecule has 0 bridgehead atoms. The Morgan fingerprint density at radius 2 is 2.27 bits per heavy atom. The summed E-state index contributed by atoms with van der Waals surface area (Å²) in [6, 6.07) is 3.34. The molecule has 0 aromatic heterocycles. The van der Waals surface area contributed by atoms with Crippen molar-refractivity contribution >= 4 is 17.3 Å². The van der Waals surface area contributed by atoms with E-state index in [4.69, 9.17) is 0 Å². The molecule has 1 aromatic rings. The number of rotatable bonds is 3. The molecular weight excluding hydrogens is 200 g/mol. The standard InChI is InChI=1S/C9H8N2O4/c1-2-9(13)10-7-5-6(11(14)15)3-4-8(7)12/h2-5,12H,1H2,(H,10,13). The number of anilines is 1. The van der Waals surface area contributed by atoms with E-state index in [1.807, 2.05) is 0 Å². The van der Waals surface area contributed by atoms with E-state index >= 15 is 0 Å². The molecule has 0 aliphatic heterocycles. The van der Waals surface area contributed by atoms with Crippen LogP contribution in [0.25, 0.3) is 0 Å². The lowest BCUT2D eigenvalue weighted by Crippen LogP contribution is -2.07. The molecule has 1 amide bonds. The fraction of sp³-hybridized carbons (Fsp3) is 0. The lowest BCUT2D eigenvalue weighted by molar-refractivity contribution is -0.384. The molecule has 1 rings (SSSR count). The van der Waals surface area contributed by atoms with Crippen molar-refractivity contribution in [2.45, 2.75) is 0 Å². The van der Waals surface area contributed by atoms with Gasteiger partial charge in [0.15, 0.2) is 0 Å². The number of phenolic OH excluding ortho intramolecular Hbond substituents is 1. The Morgan fingerprint density at radius 1 is 1.60 bits per heavy atom. The number of non-ortho nitro benzene ring substituents is 1. The summed E-state index contributed by atoms with van der Waals surface area (Å²) >= 11 is 0. The highest BCUT2D eigenvalue weighted by molar-refractivity contribution is 6.00. The highest BCUT2D eigenvalue weighted by atomic mass is 16.6. The molecule has 0 unspecified atom stereocenters. The Balaban J connectivity index is 3.05. The lowest BCUT2D eigenvalue weighted by Gasteiger charge is -2.04. The van der Waals surface area contributed by atoms with Gasteiger partial charge in [0.2, 0.25) is 5.91 Å². The number of nitro groups is 1. The monoisotopic (exact) mass is 208 g/mol. The van der Waals surface area contributed by atoms with E-state index in [2.05, 4.69) is 11.9 Å². The van der Waals surface area contributed by atoms with Gasteiger partial charge in [-0.15, -0.1) is 0 Å². The number of amides is 1. The number of nitro benzene ring substituents is 1. The van der Waals surface area contributed by atoms with Gasteiger partial charge in [0.1, 0.15) is 5.75 Å². The molecule has 0 aliphatic rings. The zero-order valence-corrected chi connectivity index (χ0v) is 7.64. The van der Waals surface area contributed by atoms with Gasteiger partial charge in [-0.3, -0.25) is 14.9 Å². The van der Waals surface area contributed by atoms with E-state index in [0.29, 0.717) is 0 Å². The molecule has 6 nitrogen and oxygen atoms in total. The van der Waals surface area contributed by atoms with Gasteiger partial charge in [0.25, 0.3) is 5.69 Å². The van der Waals surface area contributed by atoms with E-state index < -0.39 is 10.8 Å². The summed E-state index contributed by atoms with van der Waals surface area (Å²) in [6.07, 6.45) is 0.998. The predicted octanol–water partition coefficient (Wildman–Crippen LogP) is 1.42. The van der Waals surface area contributed by atoms with Crippen LogP contribution in [0.4, 0.5) is 11.4 Å². The molecule has 0 heterocycles. The zero-order chi connectivity index (χ0) is 11.4. The first-order chi connectivity index (χ1) is 7.04. The summed E-state index contributed by atoms with van der Waals surface area (Å²) < 4.78 is 0. The minimum atomic E-state index is -0.622. The summed E-state index contributed by atoms with van der Waals surface area (Å²) in [5, 5.41) is 21.9. The molecule has 2 N–H and O–H groups in total. The van der Waals surface area contributed by atoms with E-state index in [0.717, 1.165) is 24.3 Å². The second kappa shape index (κ2) is 4.23. The van der Waals surface area contributed by atoms with Crippen LogP contribution >= 0.6 is 0 Å². The van der Waals surface area contributed by atoms with Gasteiger partial charge in [-0.1, -0.05) is 6.58 Å². The zero-order valence-electron chi connectivity index (χ0n) is 7.64. The minimum absolute atomic E-state index is 0.0194. The molecule has 15 heavy (non-hydrogen) atoms. The molecular formula is C9H8N2O4. The molecule has 0 spiro atoms. The first-order valence-corrected chi connectivity index (χ1v) is 3.95. The Bertz CT molecular complexity index is 428. The second-order valence-electron chi connectivity index (χ2n) is 2.65. The van der Waals surface area contributed by atoms with E-state index in [9.17, 15) is 20.0 Å². The summed E-state index contributed by atoms with van der Waals surface area (Å²) in [4.78, 5) is 20.7. The largest absolute Gasteiger partial charge is 0.506 e. The van der Waals surface area contributed by atoms with Gasteiger partial charge in [-0.25, -0.2) is 0 Å². The van der Waals surface area contributed by atoms with Crippen molar-refractivity contribution in [1.29, 1.82) is 0 Å². The molecule has 78 valence electrons. The van der Waals surface area contributed by atoms with Gasteiger partial charge in [-0.05, 0) is 12.1 Å². The number of nitrogens with zero attached hydrogens (tertiary/aromatic N) is 1. The predicted molar refractivity (Wildman–Crippen MR) is 53.6 cm³/mol. The van der Waals surface area contributed by atoms with Crippen molar-refractivity contribution in [1.82, 2.24) is 0 Å². The molecule has 6 heteroatoms. The Kier molecular flexibility index (Phi) is 3.02. The van der Waals surface area contributed by atoms with Crippen LogP contribution in [0, 0.1) is 10.1 Å². The lowest BCUT2D eigenvalue weighted by atomic mass is 10.2. The number of carbonyl (C=O) groups excluding carboxylic acids is 1. The molecule has 0 radical (unpaired) electrons. The normalized spacial score (nSPS) is 9.33. The van der Waals surface area contributed by atoms with Crippen molar-refractivity contribution < 1.29 is 14.8 Å². The highest BCUT2D eigenvalue weighted by Gasteiger charge is 2.11. The maximum Gasteiger partial charge on any atom is 0.271 e. The molecule has 0 saturated carbocycles. The van der Waals surface area contributed by atoms with Gasteiger partial charge >= 0.3 is 0 Å². The quantitative estimate of drug-likeness (QED) is 0.340. The number of aromatic hydroxyl groups is 1. The van der Waals surface area contributed by atoms with Crippen LogP contribution in [-0.2, 0) is 4.79 Å². The van der Waals surface area contributed by atoms with Gasteiger partial charge in [0, 0.05) is 12.1 Å². The molecule has 1 aromatic carbocycles. The van der Waals surface area contributed by atoms with Crippen LogP contribution in [-0.4, -0.2) is 15.9 Å². The second-order valence-corrected chi connectivity index (χ2v) is 2.65. The van der Waals surface area contributed by atoms with E-state index in [1.54, 1.807) is 0 Å². The third-order valence-corrected chi connectivity index (χ3v) is 1.63. The number of hydrogen-bond acceptors (Lipinski definition) is 4. The van der Waals surface area contributed by atoms with Gasteiger partial charge in [0.05, 0.1) is 10.6 Å². The highest BCUT2D eigenvalue weighted by Crippen LogP contribution is 2.27. The third-order valence-electron chi connectivity index (χ3n) is 1.63. The maximum atomic E-state index is 10.9. The Hall–Kier alpha value is -2.37. The number of carbonyl (C=O) groups is 1. The van der Waals surface area contributed by atoms with Crippen LogP contribution in [0.1, 0.15) is 0 Å². The SMILES string of the molecule is C=CC(=O)Nc1cc([N+](=O)[O-])ccc1O. The van der Waals surface area contributed by atoms with Gasteiger partial charge in [-0.2, -0.15) is 0 Å². The number of nitrogens with one attached hydrogen (secondary N) is 1. The third kappa shape index (κ3) is 2.53. The Morgan fingerprint density at radius 3 is 2.80 bits per heavy atom. The minimum Gasteiger partial charge on any atom is -0.506 e. The molecule has 0 fully saturated rings. The summed E-state index contributed by atoms with van der Waals surface area (Å²) in [6.45, 7) is 3.22. The van der Waals surface area contributed by atoms with Gasteiger partial charge < -0.3 is 10.4 Å². The van der Waals surface area contributed by atoms with Crippen molar-refractivity contribution in [3.05, 3.63) is 41.0 Å². The number of phenols is 1. The van der Waals surface area contributed by atoms with Crippen LogP contribution in [0.2, 0.25) is 0 Å². The van der Waals surface area contributed by atoms with E-state index in [1.165, 1.54) is 0 Å². The number of hydrogen-bond donors (Lipinski definition) is 2. The summed E-state index contributed by atoms with van der Waals surface area (Å²) in [5.41, 5.74) is -0.235. The fourth-order valence-corrected chi connectivity index (χ4v) is 0.921. The first-order valence-electron chi connectivity index (χ1n) is 3.95. The van der Waals surface area contributed by atoms with Crippen LogP contribution < -0.4 is 5.32 Å². The molecule has 0 saturated heterocycles. The average molecular weight is 208 g/mol. The topological polar surface area (TPSA) is 92.5 Å². The van der Waals surface area contributed by atoms with Crippen LogP contribution in [0.15, 0.2) is 30.9 Å². The maximum absolute atomic E-state index is 10.9. The van der Waals surface area contributed by atoms with Crippen molar-refractivity contribution in [3.63, 3.8) is 0 Å². The van der Waals surface area contributed by atoms with Crippen LogP contribution in [0.3, 0.4) is 0 Å². The molecule has 0 aliphatic carbocycles. The fourth-order valence-electron chi connectivity index (χ4n) is 0.921. The summed E-state index contributed by atoms with van der Waals surface area (Å²) in [7, 11) is 0. The van der Waals surface area contributed by atoms with Crippen molar-refractivity contribution in [2.75, 3.05) is 5.32 Å². The molecule has 0 atom stereocenters. The smallest absolute Gasteiger partial charge is 0.271 e. The Labute approximate surface area is 85.0 Å². The number of benzene rings is 1. The van der Waals surface area contributed by atoms with Crippen molar-refractivity contribution in [2.24, 2.45) is 0 Å².